The maximum absolute atomic E-state index is 11.4. The van der Waals surface area contributed by atoms with E-state index in [2.05, 4.69) is 29.5 Å². The number of rotatable bonds is 8. The standard InChI is InChI=1S/C16H27N3O3S/c1-5-17-16(19-12-13(2)3)18-10-11-22-14-6-8-15(9-7-14)23(4,20)21/h6-9,13H,5,10-12H2,1-4H3,(H2,17,18,19). The fourth-order valence-electron chi connectivity index (χ4n) is 1.74. The summed E-state index contributed by atoms with van der Waals surface area (Å²) in [5.41, 5.74) is 0. The second kappa shape index (κ2) is 9.39. The summed E-state index contributed by atoms with van der Waals surface area (Å²) in [5.74, 6) is 1.93. The largest absolute Gasteiger partial charge is 0.492 e. The zero-order valence-electron chi connectivity index (χ0n) is 14.3. The van der Waals surface area contributed by atoms with Crippen LogP contribution in [0, 0.1) is 5.92 Å². The van der Waals surface area contributed by atoms with Crippen LogP contribution in [0.5, 0.6) is 5.75 Å². The van der Waals surface area contributed by atoms with Crippen LogP contribution in [0.3, 0.4) is 0 Å². The molecular formula is C16H27N3O3S. The lowest BCUT2D eigenvalue weighted by Crippen LogP contribution is -2.39. The molecule has 0 radical (unpaired) electrons. The topological polar surface area (TPSA) is 79.8 Å². The Morgan fingerprint density at radius 3 is 2.39 bits per heavy atom. The summed E-state index contributed by atoms with van der Waals surface area (Å²) in [6.07, 6.45) is 1.19. The molecule has 0 spiro atoms. The Balaban J connectivity index is 2.42. The minimum atomic E-state index is -3.17. The number of ether oxygens (including phenoxy) is 1. The van der Waals surface area contributed by atoms with Crippen molar-refractivity contribution in [2.45, 2.75) is 25.7 Å². The number of benzene rings is 1. The van der Waals surface area contributed by atoms with Crippen LogP contribution in [0.25, 0.3) is 0 Å². The third-order valence-corrected chi connectivity index (χ3v) is 4.00. The monoisotopic (exact) mass is 341 g/mol. The van der Waals surface area contributed by atoms with Gasteiger partial charge in [-0.05, 0) is 37.1 Å². The van der Waals surface area contributed by atoms with E-state index < -0.39 is 9.84 Å². The molecule has 0 amide bonds. The van der Waals surface area contributed by atoms with E-state index in [9.17, 15) is 8.42 Å². The first-order valence-corrected chi connectivity index (χ1v) is 9.67. The lowest BCUT2D eigenvalue weighted by Gasteiger charge is -2.12. The molecule has 0 saturated heterocycles. The minimum Gasteiger partial charge on any atom is -0.492 e. The number of nitrogens with zero attached hydrogens (tertiary/aromatic N) is 1. The number of hydrogen-bond acceptors (Lipinski definition) is 4. The highest BCUT2D eigenvalue weighted by Gasteiger charge is 2.06. The van der Waals surface area contributed by atoms with Gasteiger partial charge in [0.25, 0.3) is 0 Å². The van der Waals surface area contributed by atoms with Crippen molar-refractivity contribution in [3.8, 4) is 5.75 Å². The molecule has 1 aromatic carbocycles. The Kier molecular flexibility index (Phi) is 7.88. The average molecular weight is 341 g/mol. The second-order valence-corrected chi connectivity index (χ2v) is 7.65. The van der Waals surface area contributed by atoms with Gasteiger partial charge in [-0.25, -0.2) is 8.42 Å². The smallest absolute Gasteiger partial charge is 0.191 e. The van der Waals surface area contributed by atoms with Gasteiger partial charge >= 0.3 is 0 Å². The zero-order valence-corrected chi connectivity index (χ0v) is 15.1. The van der Waals surface area contributed by atoms with Crippen molar-refractivity contribution in [2.75, 3.05) is 32.5 Å². The van der Waals surface area contributed by atoms with Crippen LogP contribution in [0.4, 0.5) is 0 Å². The van der Waals surface area contributed by atoms with E-state index in [0.29, 0.717) is 29.7 Å². The molecule has 0 aromatic heterocycles. The Labute approximate surface area is 139 Å². The Morgan fingerprint density at radius 2 is 1.87 bits per heavy atom. The number of nitrogens with one attached hydrogen (secondary N) is 2. The van der Waals surface area contributed by atoms with Crippen LogP contribution in [0.2, 0.25) is 0 Å². The molecule has 0 unspecified atom stereocenters. The van der Waals surface area contributed by atoms with Crippen molar-refractivity contribution >= 4 is 15.8 Å². The second-order valence-electron chi connectivity index (χ2n) is 5.63. The van der Waals surface area contributed by atoms with E-state index in [1.807, 2.05) is 6.92 Å². The maximum atomic E-state index is 11.4. The first-order valence-electron chi connectivity index (χ1n) is 7.78. The normalized spacial score (nSPS) is 12.3. The summed E-state index contributed by atoms with van der Waals surface area (Å²) >= 11 is 0. The van der Waals surface area contributed by atoms with Crippen LogP contribution in [-0.2, 0) is 9.84 Å². The summed E-state index contributed by atoms with van der Waals surface area (Å²) in [6, 6.07) is 6.42. The van der Waals surface area contributed by atoms with Crippen molar-refractivity contribution < 1.29 is 13.2 Å². The predicted octanol–water partition coefficient (Wildman–Crippen LogP) is 1.68. The lowest BCUT2D eigenvalue weighted by molar-refractivity contribution is 0.321. The summed E-state index contributed by atoms with van der Waals surface area (Å²) < 4.78 is 28.3. The third kappa shape index (κ3) is 7.88. The van der Waals surface area contributed by atoms with Crippen LogP contribution >= 0.6 is 0 Å². The summed E-state index contributed by atoms with van der Waals surface area (Å²) in [5, 5.41) is 6.38. The molecular weight excluding hydrogens is 314 g/mol. The highest BCUT2D eigenvalue weighted by atomic mass is 32.2. The van der Waals surface area contributed by atoms with Crippen LogP contribution in [0.1, 0.15) is 20.8 Å². The van der Waals surface area contributed by atoms with E-state index in [0.717, 1.165) is 19.0 Å². The van der Waals surface area contributed by atoms with E-state index >= 15 is 0 Å². The molecule has 7 heteroatoms. The molecule has 23 heavy (non-hydrogen) atoms. The van der Waals surface area contributed by atoms with Crippen molar-refractivity contribution in [3.63, 3.8) is 0 Å². The van der Waals surface area contributed by atoms with Gasteiger partial charge in [0, 0.05) is 19.3 Å². The van der Waals surface area contributed by atoms with E-state index in [1.54, 1.807) is 24.3 Å². The van der Waals surface area contributed by atoms with Crippen LogP contribution in [-0.4, -0.2) is 46.9 Å². The van der Waals surface area contributed by atoms with Gasteiger partial charge in [-0.2, -0.15) is 0 Å². The Morgan fingerprint density at radius 1 is 1.22 bits per heavy atom. The highest BCUT2D eigenvalue weighted by Crippen LogP contribution is 2.15. The summed E-state index contributed by atoms with van der Waals surface area (Å²) in [7, 11) is -3.17. The fraction of sp³-hybridized carbons (Fsp3) is 0.562. The number of guanidine groups is 1. The molecule has 1 rings (SSSR count). The lowest BCUT2D eigenvalue weighted by atomic mass is 10.2. The van der Waals surface area contributed by atoms with Gasteiger partial charge in [0.05, 0.1) is 11.4 Å². The van der Waals surface area contributed by atoms with Gasteiger partial charge in [0.1, 0.15) is 12.4 Å². The number of sulfone groups is 1. The SMILES string of the molecule is CCNC(=NCC(C)C)NCCOc1ccc(S(C)(=O)=O)cc1. The van der Waals surface area contributed by atoms with Gasteiger partial charge in [-0.3, -0.25) is 4.99 Å². The molecule has 130 valence electrons. The van der Waals surface area contributed by atoms with Gasteiger partial charge in [-0.15, -0.1) is 0 Å². The van der Waals surface area contributed by atoms with E-state index in [-0.39, 0.29) is 0 Å². The van der Waals surface area contributed by atoms with Gasteiger partial charge in [-0.1, -0.05) is 13.8 Å². The van der Waals surface area contributed by atoms with Crippen molar-refractivity contribution in [1.82, 2.24) is 10.6 Å². The predicted molar refractivity (Wildman–Crippen MR) is 93.9 cm³/mol. The van der Waals surface area contributed by atoms with Gasteiger partial charge < -0.3 is 15.4 Å². The molecule has 2 N–H and O–H groups in total. The molecule has 0 aliphatic carbocycles. The molecule has 0 aliphatic rings. The summed E-state index contributed by atoms with van der Waals surface area (Å²) in [4.78, 5) is 4.76. The number of hydrogen-bond donors (Lipinski definition) is 2. The van der Waals surface area contributed by atoms with E-state index in [1.165, 1.54) is 6.26 Å². The molecule has 0 atom stereocenters. The van der Waals surface area contributed by atoms with Crippen LogP contribution in [0.15, 0.2) is 34.2 Å². The molecule has 0 saturated carbocycles. The maximum Gasteiger partial charge on any atom is 0.191 e. The molecule has 1 aromatic rings. The van der Waals surface area contributed by atoms with Crippen molar-refractivity contribution in [3.05, 3.63) is 24.3 Å². The molecule has 0 bridgehead atoms. The Bertz CT molecular complexity index is 596. The highest BCUT2D eigenvalue weighted by molar-refractivity contribution is 7.90. The van der Waals surface area contributed by atoms with Crippen LogP contribution < -0.4 is 15.4 Å². The van der Waals surface area contributed by atoms with E-state index in [4.69, 9.17) is 4.74 Å². The molecule has 0 heterocycles. The molecule has 0 aliphatic heterocycles. The summed E-state index contributed by atoms with van der Waals surface area (Å²) in [6.45, 7) is 8.90. The van der Waals surface area contributed by atoms with Crippen molar-refractivity contribution in [1.29, 1.82) is 0 Å². The Hall–Kier alpha value is -1.76. The van der Waals surface area contributed by atoms with Gasteiger partial charge in [0.15, 0.2) is 15.8 Å². The fourth-order valence-corrected chi connectivity index (χ4v) is 2.37. The zero-order chi connectivity index (χ0) is 17.3. The first kappa shape index (κ1) is 19.3. The first-order chi connectivity index (χ1) is 10.8. The number of aliphatic imine (C=N–C) groups is 1. The van der Waals surface area contributed by atoms with Gasteiger partial charge in [0.2, 0.25) is 0 Å². The minimum absolute atomic E-state index is 0.290. The molecule has 6 nitrogen and oxygen atoms in total. The van der Waals surface area contributed by atoms with Crippen molar-refractivity contribution in [2.24, 2.45) is 10.9 Å². The molecule has 0 fully saturated rings. The third-order valence-electron chi connectivity index (χ3n) is 2.87. The quantitative estimate of drug-likeness (QED) is 0.427. The average Bonchev–Trinajstić information content (AvgIpc) is 2.48.